The molecule has 0 aliphatic heterocycles. The van der Waals surface area contributed by atoms with E-state index in [9.17, 15) is 14.4 Å². The minimum atomic E-state index is -0.933. The third-order valence-electron chi connectivity index (χ3n) is 4.50. The number of rotatable bonds is 10. The Balaban J connectivity index is 2.10. The van der Waals surface area contributed by atoms with Crippen molar-refractivity contribution < 1.29 is 19.5 Å². The zero-order chi connectivity index (χ0) is 22.8. The van der Waals surface area contributed by atoms with E-state index in [1.807, 2.05) is 6.92 Å². The Kier molecular flexibility index (Phi) is 8.64. The number of carbonyl (C=O) groups excluding carboxylic acids is 2. The van der Waals surface area contributed by atoms with Gasteiger partial charge in [0.25, 0.3) is 5.91 Å². The van der Waals surface area contributed by atoms with Crippen molar-refractivity contribution in [2.45, 2.75) is 39.2 Å². The largest absolute Gasteiger partial charge is 0.481 e. The zero-order valence-corrected chi connectivity index (χ0v) is 17.4. The van der Waals surface area contributed by atoms with E-state index in [1.54, 1.807) is 43.5 Å². The molecule has 31 heavy (non-hydrogen) atoms. The topological polar surface area (TPSA) is 159 Å². The predicted molar refractivity (Wildman–Crippen MR) is 117 cm³/mol. The Labute approximate surface area is 179 Å². The molecule has 1 aromatic heterocycles. The molecular formula is C21H26N6O4. The Morgan fingerprint density at radius 2 is 2.06 bits per heavy atom. The van der Waals surface area contributed by atoms with Crippen LogP contribution in [-0.2, 0) is 22.4 Å². The number of hydrogen-bond donors (Lipinski definition) is 5. The normalized spacial score (nSPS) is 11.7. The van der Waals surface area contributed by atoms with Crippen LogP contribution in [0, 0.1) is 0 Å². The SMILES string of the molecule is CCc1ccnc(NC(=O)C(C)NC(=O)c2cccc(N=CNN)c2)c1CCC(=O)O. The van der Waals surface area contributed by atoms with Crippen molar-refractivity contribution in [3.8, 4) is 0 Å². The summed E-state index contributed by atoms with van der Waals surface area (Å²) in [5, 5.41) is 14.3. The molecule has 0 aliphatic rings. The minimum absolute atomic E-state index is 0.0770. The Morgan fingerprint density at radius 3 is 2.74 bits per heavy atom. The van der Waals surface area contributed by atoms with Crippen molar-refractivity contribution in [3.63, 3.8) is 0 Å². The number of aryl methyl sites for hydroxylation is 1. The maximum atomic E-state index is 12.6. The number of aliphatic imine (C=N–C) groups is 1. The van der Waals surface area contributed by atoms with Crippen LogP contribution in [0.25, 0.3) is 0 Å². The number of carbonyl (C=O) groups is 3. The molecule has 2 rings (SSSR count). The van der Waals surface area contributed by atoms with Gasteiger partial charge in [0.15, 0.2) is 0 Å². The van der Waals surface area contributed by atoms with Crippen LogP contribution in [0.5, 0.6) is 0 Å². The van der Waals surface area contributed by atoms with Crippen LogP contribution < -0.4 is 21.9 Å². The van der Waals surface area contributed by atoms with E-state index < -0.39 is 23.8 Å². The molecule has 6 N–H and O–H groups in total. The fourth-order valence-electron chi connectivity index (χ4n) is 2.89. The highest BCUT2D eigenvalue weighted by molar-refractivity contribution is 6.01. The Morgan fingerprint density at radius 1 is 1.29 bits per heavy atom. The van der Waals surface area contributed by atoms with Crippen molar-refractivity contribution in [1.29, 1.82) is 0 Å². The van der Waals surface area contributed by atoms with Gasteiger partial charge in [-0.25, -0.2) is 15.8 Å². The number of hydrogen-bond acceptors (Lipinski definition) is 6. The highest BCUT2D eigenvalue weighted by Gasteiger charge is 2.20. The second-order valence-electron chi connectivity index (χ2n) is 6.70. The van der Waals surface area contributed by atoms with Gasteiger partial charge in [-0.1, -0.05) is 13.0 Å². The van der Waals surface area contributed by atoms with Gasteiger partial charge >= 0.3 is 5.97 Å². The summed E-state index contributed by atoms with van der Waals surface area (Å²) in [6.45, 7) is 3.49. The molecule has 0 radical (unpaired) electrons. The van der Waals surface area contributed by atoms with E-state index in [0.29, 0.717) is 29.1 Å². The predicted octanol–water partition coefficient (Wildman–Crippen LogP) is 1.54. The molecule has 0 spiro atoms. The van der Waals surface area contributed by atoms with Gasteiger partial charge in [0.1, 0.15) is 18.2 Å². The first-order chi connectivity index (χ1) is 14.8. The number of hydrazine groups is 1. The molecule has 1 aromatic carbocycles. The smallest absolute Gasteiger partial charge is 0.303 e. The first kappa shape index (κ1) is 23.5. The summed E-state index contributed by atoms with van der Waals surface area (Å²) >= 11 is 0. The molecule has 1 atom stereocenters. The molecule has 2 amide bonds. The summed E-state index contributed by atoms with van der Waals surface area (Å²) in [7, 11) is 0. The number of carboxylic acid groups (broad SMARTS) is 1. The summed E-state index contributed by atoms with van der Waals surface area (Å²) in [6.07, 6.45) is 3.68. The van der Waals surface area contributed by atoms with Crippen LogP contribution in [0.15, 0.2) is 41.5 Å². The lowest BCUT2D eigenvalue weighted by Crippen LogP contribution is -2.41. The van der Waals surface area contributed by atoms with E-state index in [4.69, 9.17) is 10.9 Å². The van der Waals surface area contributed by atoms with Crippen molar-refractivity contribution >= 4 is 35.6 Å². The fraction of sp³-hybridized carbons (Fsp3) is 0.286. The lowest BCUT2D eigenvalue weighted by molar-refractivity contribution is -0.137. The Bertz CT molecular complexity index is 976. The maximum absolute atomic E-state index is 12.6. The number of anilines is 1. The molecule has 0 saturated carbocycles. The second kappa shape index (κ2) is 11.4. The van der Waals surface area contributed by atoms with Gasteiger partial charge in [-0.2, -0.15) is 0 Å². The van der Waals surface area contributed by atoms with Gasteiger partial charge in [0.05, 0.1) is 5.69 Å². The van der Waals surface area contributed by atoms with Gasteiger partial charge in [-0.15, -0.1) is 0 Å². The summed E-state index contributed by atoms with van der Waals surface area (Å²) in [5.74, 6) is 3.60. The van der Waals surface area contributed by atoms with Gasteiger partial charge in [-0.05, 0) is 55.2 Å². The highest BCUT2D eigenvalue weighted by Crippen LogP contribution is 2.20. The molecule has 0 bridgehead atoms. The van der Waals surface area contributed by atoms with Crippen molar-refractivity contribution in [2.75, 3.05) is 5.32 Å². The van der Waals surface area contributed by atoms with Crippen LogP contribution in [0.4, 0.5) is 11.5 Å². The maximum Gasteiger partial charge on any atom is 0.303 e. The van der Waals surface area contributed by atoms with Gasteiger partial charge in [0, 0.05) is 18.2 Å². The summed E-state index contributed by atoms with van der Waals surface area (Å²) in [5.41, 5.74) is 4.72. The molecule has 0 aliphatic carbocycles. The minimum Gasteiger partial charge on any atom is -0.481 e. The quantitative estimate of drug-likeness (QED) is 0.167. The van der Waals surface area contributed by atoms with Crippen LogP contribution in [0.1, 0.15) is 41.8 Å². The van der Waals surface area contributed by atoms with Crippen LogP contribution in [0.2, 0.25) is 0 Å². The van der Waals surface area contributed by atoms with Crippen LogP contribution >= 0.6 is 0 Å². The highest BCUT2D eigenvalue weighted by atomic mass is 16.4. The number of nitrogens with two attached hydrogens (primary N) is 1. The van der Waals surface area contributed by atoms with E-state index in [1.165, 1.54) is 6.34 Å². The number of amides is 2. The third kappa shape index (κ3) is 6.89. The molecular weight excluding hydrogens is 400 g/mol. The molecule has 0 saturated heterocycles. The molecule has 2 aromatic rings. The Hall–Kier alpha value is -3.79. The summed E-state index contributed by atoms with van der Waals surface area (Å²) in [6, 6.07) is 7.47. The number of nitrogens with zero attached hydrogens (tertiary/aromatic N) is 2. The number of nitrogens with one attached hydrogen (secondary N) is 3. The average molecular weight is 426 g/mol. The van der Waals surface area contributed by atoms with E-state index in [-0.39, 0.29) is 12.8 Å². The lowest BCUT2D eigenvalue weighted by Gasteiger charge is -2.17. The number of carboxylic acids is 1. The number of pyridine rings is 1. The standard InChI is InChI=1S/C21H26N6O4/c1-3-14-9-10-23-19(17(14)7-8-18(28)29)27-20(30)13(2)26-21(31)15-5-4-6-16(11-15)24-12-25-22/h4-6,9-13H,3,7-8,22H2,1-2H3,(H,24,25)(H,26,31)(H,28,29)(H,23,27,30). The summed E-state index contributed by atoms with van der Waals surface area (Å²) < 4.78 is 0. The number of aliphatic carboxylic acids is 1. The third-order valence-corrected chi connectivity index (χ3v) is 4.50. The van der Waals surface area contributed by atoms with Gasteiger partial charge in [-0.3, -0.25) is 14.4 Å². The molecule has 10 heteroatoms. The first-order valence-electron chi connectivity index (χ1n) is 9.74. The molecule has 1 unspecified atom stereocenters. The van der Waals surface area contributed by atoms with Gasteiger partial charge in [0.2, 0.25) is 5.91 Å². The first-order valence-corrected chi connectivity index (χ1v) is 9.74. The zero-order valence-electron chi connectivity index (χ0n) is 17.4. The van der Waals surface area contributed by atoms with E-state index >= 15 is 0 Å². The number of benzene rings is 1. The fourth-order valence-corrected chi connectivity index (χ4v) is 2.89. The van der Waals surface area contributed by atoms with Crippen molar-refractivity contribution in [3.05, 3.63) is 53.2 Å². The molecule has 0 fully saturated rings. The average Bonchev–Trinajstić information content (AvgIpc) is 2.76. The summed E-state index contributed by atoms with van der Waals surface area (Å²) in [4.78, 5) is 44.4. The molecule has 164 valence electrons. The van der Waals surface area contributed by atoms with Crippen LogP contribution in [0.3, 0.4) is 0 Å². The number of aromatic nitrogens is 1. The molecule has 10 nitrogen and oxygen atoms in total. The van der Waals surface area contributed by atoms with Gasteiger partial charge < -0.3 is 21.2 Å². The van der Waals surface area contributed by atoms with Crippen molar-refractivity contribution in [2.24, 2.45) is 10.8 Å². The van der Waals surface area contributed by atoms with Crippen molar-refractivity contribution in [1.82, 2.24) is 15.7 Å². The van der Waals surface area contributed by atoms with Crippen LogP contribution in [-0.4, -0.2) is 40.3 Å². The van der Waals surface area contributed by atoms with E-state index in [2.05, 4.69) is 26.0 Å². The second-order valence-corrected chi connectivity index (χ2v) is 6.70. The van der Waals surface area contributed by atoms with E-state index in [0.717, 1.165) is 5.56 Å². The monoisotopic (exact) mass is 426 g/mol. The lowest BCUT2D eigenvalue weighted by atomic mass is 10.0. The molecule has 1 heterocycles.